The van der Waals surface area contributed by atoms with E-state index in [9.17, 15) is 14.0 Å². The first kappa shape index (κ1) is 15.8. The smallest absolute Gasteiger partial charge is 0.409 e. The van der Waals surface area contributed by atoms with Gasteiger partial charge in [-0.3, -0.25) is 10.1 Å². The maximum atomic E-state index is 13.9. The van der Waals surface area contributed by atoms with Crippen molar-refractivity contribution in [2.24, 2.45) is 0 Å². The fraction of sp³-hybridized carbons (Fsp3) is 0.0667. The number of methoxy groups -OCH3 is 1. The molecule has 0 spiro atoms. The SMILES string of the molecule is COc1cc(NC(=O)O)c(C(=O)c2ccccc2Cl)cc1F. The highest BCUT2D eigenvalue weighted by Gasteiger charge is 2.20. The standard InChI is InChI=1S/C15H11ClFNO4/c1-22-13-7-12(18-15(20)21)9(6-11(13)17)14(19)8-4-2-3-5-10(8)16/h2-7,18H,1H3,(H,20,21). The van der Waals surface area contributed by atoms with Crippen LogP contribution < -0.4 is 10.1 Å². The van der Waals surface area contributed by atoms with Crippen LogP contribution in [0.3, 0.4) is 0 Å². The number of rotatable bonds is 4. The van der Waals surface area contributed by atoms with Crippen LogP contribution in [0.25, 0.3) is 0 Å². The van der Waals surface area contributed by atoms with E-state index >= 15 is 0 Å². The van der Waals surface area contributed by atoms with E-state index in [1.165, 1.54) is 19.2 Å². The number of ketones is 1. The molecule has 1 amide bonds. The third-order valence-corrected chi connectivity index (χ3v) is 3.23. The van der Waals surface area contributed by atoms with Gasteiger partial charge in [-0.15, -0.1) is 0 Å². The Bertz CT molecular complexity index is 748. The van der Waals surface area contributed by atoms with Gasteiger partial charge < -0.3 is 9.84 Å². The number of anilines is 1. The molecule has 2 aromatic rings. The number of halogens is 2. The van der Waals surface area contributed by atoms with Crippen molar-refractivity contribution in [3.05, 3.63) is 58.4 Å². The third kappa shape index (κ3) is 3.17. The number of benzene rings is 2. The van der Waals surface area contributed by atoms with Crippen molar-refractivity contribution in [2.75, 3.05) is 12.4 Å². The van der Waals surface area contributed by atoms with Gasteiger partial charge in [-0.1, -0.05) is 23.7 Å². The van der Waals surface area contributed by atoms with Crippen molar-refractivity contribution < 1.29 is 23.8 Å². The zero-order chi connectivity index (χ0) is 16.3. The van der Waals surface area contributed by atoms with Gasteiger partial charge in [-0.25, -0.2) is 9.18 Å². The lowest BCUT2D eigenvalue weighted by Crippen LogP contribution is -2.13. The molecule has 0 radical (unpaired) electrons. The normalized spacial score (nSPS) is 10.1. The number of carbonyl (C=O) groups is 2. The monoisotopic (exact) mass is 323 g/mol. The average molecular weight is 324 g/mol. The molecule has 5 nitrogen and oxygen atoms in total. The number of amides is 1. The number of ether oxygens (including phenoxy) is 1. The van der Waals surface area contributed by atoms with Crippen LogP contribution >= 0.6 is 11.6 Å². The summed E-state index contributed by atoms with van der Waals surface area (Å²) >= 11 is 5.95. The molecule has 114 valence electrons. The third-order valence-electron chi connectivity index (χ3n) is 2.90. The Labute approximate surface area is 130 Å². The van der Waals surface area contributed by atoms with E-state index in [0.717, 1.165) is 12.1 Å². The predicted octanol–water partition coefficient (Wildman–Crippen LogP) is 3.81. The van der Waals surface area contributed by atoms with Crippen molar-refractivity contribution in [2.45, 2.75) is 0 Å². The van der Waals surface area contributed by atoms with Gasteiger partial charge in [0.2, 0.25) is 0 Å². The fourth-order valence-corrected chi connectivity index (χ4v) is 2.13. The Hall–Kier alpha value is -2.60. The molecule has 2 N–H and O–H groups in total. The summed E-state index contributed by atoms with van der Waals surface area (Å²) in [5.41, 5.74) is -0.105. The Morgan fingerprint density at radius 3 is 2.50 bits per heavy atom. The zero-order valence-electron chi connectivity index (χ0n) is 11.4. The Kier molecular flexibility index (Phi) is 4.62. The summed E-state index contributed by atoms with van der Waals surface area (Å²) in [6, 6.07) is 8.24. The largest absolute Gasteiger partial charge is 0.494 e. The van der Waals surface area contributed by atoms with Crippen LogP contribution in [0.15, 0.2) is 36.4 Å². The van der Waals surface area contributed by atoms with E-state index in [0.29, 0.717) is 0 Å². The van der Waals surface area contributed by atoms with Crippen molar-refractivity contribution in [3.8, 4) is 5.75 Å². The van der Waals surface area contributed by atoms with Crippen LogP contribution in [0.5, 0.6) is 5.75 Å². The molecule has 0 heterocycles. The molecule has 0 saturated carbocycles. The van der Waals surface area contributed by atoms with Crippen molar-refractivity contribution in [1.82, 2.24) is 0 Å². The number of hydrogen-bond acceptors (Lipinski definition) is 3. The van der Waals surface area contributed by atoms with Crippen LogP contribution in [-0.2, 0) is 0 Å². The highest BCUT2D eigenvalue weighted by atomic mass is 35.5. The van der Waals surface area contributed by atoms with E-state index in [2.05, 4.69) is 5.32 Å². The minimum Gasteiger partial charge on any atom is -0.494 e. The fourth-order valence-electron chi connectivity index (χ4n) is 1.91. The van der Waals surface area contributed by atoms with E-state index in [1.54, 1.807) is 12.1 Å². The summed E-state index contributed by atoms with van der Waals surface area (Å²) in [5.74, 6) is -1.57. The molecular weight excluding hydrogens is 313 g/mol. The van der Waals surface area contributed by atoms with E-state index in [4.69, 9.17) is 21.4 Å². The number of nitrogens with one attached hydrogen (secondary N) is 1. The van der Waals surface area contributed by atoms with Crippen LogP contribution in [0.2, 0.25) is 5.02 Å². The summed E-state index contributed by atoms with van der Waals surface area (Å²) in [6.45, 7) is 0. The van der Waals surface area contributed by atoms with Gasteiger partial charge in [0.05, 0.1) is 17.8 Å². The summed E-state index contributed by atoms with van der Waals surface area (Å²) < 4.78 is 18.6. The lowest BCUT2D eigenvalue weighted by atomic mass is 10.0. The lowest BCUT2D eigenvalue weighted by molar-refractivity contribution is 0.103. The van der Waals surface area contributed by atoms with E-state index < -0.39 is 17.7 Å². The minimum absolute atomic E-state index is 0.0873. The quantitative estimate of drug-likeness (QED) is 0.839. The molecule has 0 aliphatic carbocycles. The molecule has 0 bridgehead atoms. The van der Waals surface area contributed by atoms with Gasteiger partial charge in [0.25, 0.3) is 0 Å². The van der Waals surface area contributed by atoms with Crippen LogP contribution in [0.4, 0.5) is 14.9 Å². The Morgan fingerprint density at radius 1 is 1.23 bits per heavy atom. The van der Waals surface area contributed by atoms with Crippen LogP contribution in [-0.4, -0.2) is 24.1 Å². The second-order valence-corrected chi connectivity index (χ2v) is 4.68. The molecule has 2 aromatic carbocycles. The minimum atomic E-state index is -1.39. The second-order valence-electron chi connectivity index (χ2n) is 4.27. The summed E-state index contributed by atoms with van der Waals surface area (Å²) in [4.78, 5) is 23.3. The number of hydrogen-bond donors (Lipinski definition) is 2. The van der Waals surface area contributed by atoms with Gasteiger partial charge in [0.1, 0.15) is 0 Å². The topological polar surface area (TPSA) is 75.6 Å². The van der Waals surface area contributed by atoms with Crippen molar-refractivity contribution >= 4 is 29.2 Å². The predicted molar refractivity (Wildman–Crippen MR) is 79.5 cm³/mol. The van der Waals surface area contributed by atoms with Crippen molar-refractivity contribution in [3.63, 3.8) is 0 Å². The second kappa shape index (κ2) is 6.44. The molecule has 0 unspecified atom stereocenters. The molecule has 7 heteroatoms. The first-order valence-electron chi connectivity index (χ1n) is 6.10. The molecule has 0 aromatic heterocycles. The van der Waals surface area contributed by atoms with Gasteiger partial charge in [0.15, 0.2) is 17.3 Å². The van der Waals surface area contributed by atoms with Gasteiger partial charge in [-0.2, -0.15) is 0 Å². The highest BCUT2D eigenvalue weighted by molar-refractivity contribution is 6.35. The average Bonchev–Trinajstić information content (AvgIpc) is 2.48. The van der Waals surface area contributed by atoms with Crippen molar-refractivity contribution in [1.29, 1.82) is 0 Å². The van der Waals surface area contributed by atoms with Gasteiger partial charge >= 0.3 is 6.09 Å². The van der Waals surface area contributed by atoms with Gasteiger partial charge in [0, 0.05) is 17.2 Å². The van der Waals surface area contributed by atoms with E-state index in [-0.39, 0.29) is 27.6 Å². The highest BCUT2D eigenvalue weighted by Crippen LogP contribution is 2.29. The Balaban J connectivity index is 2.58. The lowest BCUT2D eigenvalue weighted by Gasteiger charge is -2.12. The first-order valence-corrected chi connectivity index (χ1v) is 6.48. The summed E-state index contributed by atoms with van der Waals surface area (Å²) in [6.07, 6.45) is -1.39. The molecule has 2 rings (SSSR count). The molecule has 0 saturated heterocycles. The molecule has 0 atom stereocenters. The molecule has 0 aliphatic rings. The summed E-state index contributed by atoms with van der Waals surface area (Å²) in [5, 5.41) is 11.1. The van der Waals surface area contributed by atoms with Crippen LogP contribution in [0.1, 0.15) is 15.9 Å². The molecular formula is C15H11ClFNO4. The van der Waals surface area contributed by atoms with Crippen LogP contribution in [0, 0.1) is 5.82 Å². The van der Waals surface area contributed by atoms with E-state index in [1.807, 2.05) is 0 Å². The number of carboxylic acid groups (broad SMARTS) is 1. The zero-order valence-corrected chi connectivity index (χ0v) is 12.1. The molecule has 0 fully saturated rings. The maximum absolute atomic E-state index is 13.9. The molecule has 0 aliphatic heterocycles. The maximum Gasteiger partial charge on any atom is 0.409 e. The Morgan fingerprint density at radius 2 is 1.91 bits per heavy atom. The molecule has 22 heavy (non-hydrogen) atoms. The van der Waals surface area contributed by atoms with Gasteiger partial charge in [-0.05, 0) is 18.2 Å². The number of carbonyl (C=O) groups excluding carboxylic acids is 1. The first-order chi connectivity index (χ1) is 10.4. The summed E-state index contributed by atoms with van der Waals surface area (Å²) in [7, 11) is 1.23.